The number of anilines is 1. The van der Waals surface area contributed by atoms with Crippen molar-refractivity contribution in [3.63, 3.8) is 0 Å². The lowest BCUT2D eigenvalue weighted by atomic mass is 9.97. The highest BCUT2D eigenvalue weighted by molar-refractivity contribution is 5.80. The lowest BCUT2D eigenvalue weighted by Crippen LogP contribution is -2.43. The third kappa shape index (κ3) is 3.55. The van der Waals surface area contributed by atoms with Crippen LogP contribution in [0.3, 0.4) is 0 Å². The van der Waals surface area contributed by atoms with Gasteiger partial charge in [0.05, 0.1) is 5.92 Å². The second kappa shape index (κ2) is 7.57. The first kappa shape index (κ1) is 19.0. The average Bonchev–Trinajstić information content (AvgIpc) is 3.21. The lowest BCUT2D eigenvalue weighted by Gasteiger charge is -2.31. The van der Waals surface area contributed by atoms with Crippen LogP contribution in [-0.2, 0) is 25.4 Å². The number of aromatic amines is 1. The summed E-state index contributed by atoms with van der Waals surface area (Å²) in [5.41, 5.74) is 0.847. The lowest BCUT2D eigenvalue weighted by molar-refractivity contribution is -0.125. The van der Waals surface area contributed by atoms with Crippen molar-refractivity contribution >= 4 is 23.0 Å². The smallest absolute Gasteiger partial charge is 0.332 e. The summed E-state index contributed by atoms with van der Waals surface area (Å²) in [5, 5.41) is 3.01. The van der Waals surface area contributed by atoms with Crippen molar-refractivity contribution in [1.29, 1.82) is 0 Å². The molecule has 2 aromatic heterocycles. The van der Waals surface area contributed by atoms with Crippen LogP contribution in [0.1, 0.15) is 18.4 Å². The number of nitrogens with one attached hydrogen (secondary N) is 2. The van der Waals surface area contributed by atoms with E-state index in [2.05, 4.69) is 15.3 Å². The van der Waals surface area contributed by atoms with E-state index in [1.54, 1.807) is 7.05 Å². The van der Waals surface area contributed by atoms with Gasteiger partial charge in [-0.1, -0.05) is 30.3 Å². The molecule has 152 valence electrons. The SMILES string of the molecule is Cn1c(=O)c2[nH]c(N3CCC[C@H](C(=O)NCc4ccccc4)C3)nc2n(C)c1=O. The van der Waals surface area contributed by atoms with E-state index in [1.165, 1.54) is 11.6 Å². The predicted molar refractivity (Wildman–Crippen MR) is 110 cm³/mol. The molecule has 0 bridgehead atoms. The van der Waals surface area contributed by atoms with E-state index in [1.807, 2.05) is 35.2 Å². The molecule has 0 radical (unpaired) electrons. The fraction of sp³-hybridized carbons (Fsp3) is 0.400. The molecule has 9 heteroatoms. The van der Waals surface area contributed by atoms with Gasteiger partial charge in [0, 0.05) is 33.7 Å². The molecular weight excluding hydrogens is 372 g/mol. The van der Waals surface area contributed by atoms with E-state index in [4.69, 9.17) is 0 Å². The van der Waals surface area contributed by atoms with Crippen LogP contribution < -0.4 is 21.5 Å². The van der Waals surface area contributed by atoms with Crippen LogP contribution in [0.2, 0.25) is 0 Å². The number of imidazole rings is 1. The first-order chi connectivity index (χ1) is 14.0. The quantitative estimate of drug-likeness (QED) is 0.668. The van der Waals surface area contributed by atoms with Crippen LogP contribution in [0.25, 0.3) is 11.2 Å². The second-order valence-electron chi connectivity index (χ2n) is 7.45. The number of nitrogens with zero attached hydrogens (tertiary/aromatic N) is 4. The summed E-state index contributed by atoms with van der Waals surface area (Å²) < 4.78 is 2.41. The maximum atomic E-state index is 12.7. The minimum Gasteiger partial charge on any atom is -0.352 e. The second-order valence-corrected chi connectivity index (χ2v) is 7.45. The molecule has 2 N–H and O–H groups in total. The van der Waals surface area contributed by atoms with Crippen molar-refractivity contribution < 1.29 is 4.79 Å². The van der Waals surface area contributed by atoms with Crippen molar-refractivity contribution in [3.8, 4) is 0 Å². The van der Waals surface area contributed by atoms with E-state index < -0.39 is 11.2 Å². The summed E-state index contributed by atoms with van der Waals surface area (Å²) in [7, 11) is 3.03. The number of benzene rings is 1. The fourth-order valence-corrected chi connectivity index (χ4v) is 3.78. The zero-order chi connectivity index (χ0) is 20.5. The largest absolute Gasteiger partial charge is 0.352 e. The number of carbonyl (C=O) groups excluding carboxylic acids is 1. The van der Waals surface area contributed by atoms with Crippen molar-refractivity contribution in [2.75, 3.05) is 18.0 Å². The summed E-state index contributed by atoms with van der Waals surface area (Å²) in [6.07, 6.45) is 1.65. The van der Waals surface area contributed by atoms with Crippen LogP contribution in [0.5, 0.6) is 0 Å². The summed E-state index contributed by atoms with van der Waals surface area (Å²) >= 11 is 0. The molecule has 0 saturated carbocycles. The van der Waals surface area contributed by atoms with Gasteiger partial charge in [-0.3, -0.25) is 18.7 Å². The predicted octanol–water partition coefficient (Wildman–Crippen LogP) is 0.493. The molecule has 1 saturated heterocycles. The van der Waals surface area contributed by atoms with Gasteiger partial charge in [-0.15, -0.1) is 0 Å². The molecule has 1 aliphatic rings. The number of fused-ring (bicyclic) bond motifs is 1. The molecule has 1 aliphatic heterocycles. The minimum atomic E-state index is -0.419. The summed E-state index contributed by atoms with van der Waals surface area (Å²) in [5.74, 6) is 0.365. The number of aromatic nitrogens is 4. The van der Waals surface area contributed by atoms with Gasteiger partial charge in [0.2, 0.25) is 11.9 Å². The zero-order valence-corrected chi connectivity index (χ0v) is 16.5. The first-order valence-corrected chi connectivity index (χ1v) is 9.68. The molecule has 1 amide bonds. The number of amides is 1. The van der Waals surface area contributed by atoms with E-state index in [0.717, 1.165) is 29.5 Å². The van der Waals surface area contributed by atoms with Gasteiger partial charge in [-0.25, -0.2) is 4.79 Å². The number of hydrogen-bond acceptors (Lipinski definition) is 5. The Hall–Kier alpha value is -3.36. The number of hydrogen-bond donors (Lipinski definition) is 2. The maximum absolute atomic E-state index is 12.7. The van der Waals surface area contributed by atoms with Gasteiger partial charge >= 0.3 is 5.69 Å². The number of carbonyl (C=O) groups is 1. The van der Waals surface area contributed by atoms with Crippen molar-refractivity contribution in [2.24, 2.45) is 20.0 Å². The third-order valence-corrected chi connectivity index (χ3v) is 5.48. The highest BCUT2D eigenvalue weighted by Gasteiger charge is 2.28. The van der Waals surface area contributed by atoms with Gasteiger partial charge in [0.15, 0.2) is 11.2 Å². The molecule has 1 aromatic carbocycles. The molecule has 1 atom stereocenters. The Labute approximate surface area is 167 Å². The topological polar surface area (TPSA) is 105 Å². The Morgan fingerprint density at radius 1 is 1.21 bits per heavy atom. The molecule has 0 aliphatic carbocycles. The fourth-order valence-electron chi connectivity index (χ4n) is 3.78. The van der Waals surface area contributed by atoms with Gasteiger partial charge in [0.1, 0.15) is 0 Å². The highest BCUT2D eigenvalue weighted by atomic mass is 16.2. The maximum Gasteiger partial charge on any atom is 0.332 e. The zero-order valence-electron chi connectivity index (χ0n) is 16.5. The number of aryl methyl sites for hydroxylation is 1. The molecule has 3 heterocycles. The van der Waals surface area contributed by atoms with Crippen LogP contribution in [0, 0.1) is 5.92 Å². The molecule has 3 aromatic rings. The highest BCUT2D eigenvalue weighted by Crippen LogP contribution is 2.22. The number of piperidine rings is 1. The van der Waals surface area contributed by atoms with Gasteiger partial charge < -0.3 is 15.2 Å². The molecule has 1 fully saturated rings. The summed E-state index contributed by atoms with van der Waals surface area (Å²) in [6.45, 7) is 1.74. The minimum absolute atomic E-state index is 0.0120. The van der Waals surface area contributed by atoms with E-state index in [0.29, 0.717) is 30.2 Å². The molecule has 29 heavy (non-hydrogen) atoms. The average molecular weight is 396 g/mol. The summed E-state index contributed by atoms with van der Waals surface area (Å²) in [6, 6.07) is 9.80. The molecule has 0 spiro atoms. The van der Waals surface area contributed by atoms with Crippen molar-refractivity contribution in [1.82, 2.24) is 24.4 Å². The number of H-pyrrole nitrogens is 1. The summed E-state index contributed by atoms with van der Waals surface area (Å²) in [4.78, 5) is 46.7. The number of rotatable bonds is 4. The molecule has 9 nitrogen and oxygen atoms in total. The van der Waals surface area contributed by atoms with Crippen molar-refractivity contribution in [3.05, 3.63) is 56.7 Å². The van der Waals surface area contributed by atoms with Crippen molar-refractivity contribution in [2.45, 2.75) is 19.4 Å². The van der Waals surface area contributed by atoms with Crippen LogP contribution in [0.4, 0.5) is 5.95 Å². The van der Waals surface area contributed by atoms with Gasteiger partial charge in [-0.05, 0) is 18.4 Å². The Kier molecular flexibility index (Phi) is 4.96. The van der Waals surface area contributed by atoms with Crippen LogP contribution >= 0.6 is 0 Å². The molecule has 4 rings (SSSR count). The standard InChI is InChI=1S/C20H24N6O3/c1-24-16-15(18(28)25(2)20(24)29)22-19(23-16)26-10-6-9-14(12-26)17(27)21-11-13-7-4-3-5-8-13/h3-5,7-8,14H,6,9-12H2,1-2H3,(H,21,27)(H,22,23)/t14-/m0/s1. The van der Waals surface area contributed by atoms with Gasteiger partial charge in [-0.2, -0.15) is 4.98 Å². The Morgan fingerprint density at radius 3 is 2.72 bits per heavy atom. The van der Waals surface area contributed by atoms with E-state index in [-0.39, 0.29) is 11.8 Å². The molecular formula is C20H24N6O3. The Bertz CT molecular complexity index is 1160. The van der Waals surface area contributed by atoms with Crippen LogP contribution in [0.15, 0.2) is 39.9 Å². The normalized spacial score (nSPS) is 16.9. The monoisotopic (exact) mass is 396 g/mol. The van der Waals surface area contributed by atoms with Gasteiger partial charge in [0.25, 0.3) is 5.56 Å². The third-order valence-electron chi connectivity index (χ3n) is 5.48. The van der Waals surface area contributed by atoms with Crippen LogP contribution in [-0.4, -0.2) is 38.1 Å². The molecule has 0 unspecified atom stereocenters. The van der Waals surface area contributed by atoms with E-state index >= 15 is 0 Å². The first-order valence-electron chi connectivity index (χ1n) is 9.68. The van der Waals surface area contributed by atoms with E-state index in [9.17, 15) is 14.4 Å². The Balaban J connectivity index is 1.52. The Morgan fingerprint density at radius 2 is 1.97 bits per heavy atom.